The van der Waals surface area contributed by atoms with Crippen molar-refractivity contribution in [1.29, 1.82) is 0 Å². The van der Waals surface area contributed by atoms with Crippen LogP contribution in [0.3, 0.4) is 0 Å². The fourth-order valence-electron chi connectivity index (χ4n) is 2.09. The Bertz CT molecular complexity index is 474. The normalized spacial score (nSPS) is 17.5. The standard InChI is InChI=1S/C15H22N2O3/c1-15(14(16)19,17-12-6-7-12)8-9-20-13-5-3-2-4-11(13)10-18/h2-5,12,17-18H,6-10H2,1H3,(H2,16,19). The first-order chi connectivity index (χ1) is 9.55. The molecule has 0 bridgehead atoms. The molecule has 1 aromatic carbocycles. The Balaban J connectivity index is 1.91. The lowest BCUT2D eigenvalue weighted by atomic mass is 9.97. The number of para-hydroxylation sites is 1. The second-order valence-corrected chi connectivity index (χ2v) is 5.48. The fraction of sp³-hybridized carbons (Fsp3) is 0.533. The number of nitrogens with two attached hydrogens (primary N) is 1. The van der Waals surface area contributed by atoms with Gasteiger partial charge in [-0.15, -0.1) is 0 Å². The maximum absolute atomic E-state index is 11.6. The molecule has 0 aromatic heterocycles. The monoisotopic (exact) mass is 278 g/mol. The molecule has 5 heteroatoms. The first kappa shape index (κ1) is 14.8. The van der Waals surface area contributed by atoms with E-state index in [4.69, 9.17) is 10.5 Å². The lowest BCUT2D eigenvalue weighted by Crippen LogP contribution is -2.54. The molecule has 0 spiro atoms. The van der Waals surface area contributed by atoms with Crippen LogP contribution >= 0.6 is 0 Å². The van der Waals surface area contributed by atoms with E-state index in [0.29, 0.717) is 24.8 Å². The minimum absolute atomic E-state index is 0.0659. The number of aliphatic hydroxyl groups is 1. The third kappa shape index (κ3) is 3.71. The molecule has 1 aliphatic rings. The van der Waals surface area contributed by atoms with Crippen molar-refractivity contribution in [2.24, 2.45) is 5.73 Å². The van der Waals surface area contributed by atoms with Crippen molar-refractivity contribution in [3.05, 3.63) is 29.8 Å². The lowest BCUT2D eigenvalue weighted by molar-refractivity contribution is -0.124. The van der Waals surface area contributed by atoms with Crippen LogP contribution in [0.1, 0.15) is 31.7 Å². The SMILES string of the molecule is CC(CCOc1ccccc1CO)(NC1CC1)C(N)=O. The Morgan fingerprint density at radius 2 is 2.20 bits per heavy atom. The van der Waals surface area contributed by atoms with Gasteiger partial charge in [-0.2, -0.15) is 0 Å². The topological polar surface area (TPSA) is 84.6 Å². The average Bonchev–Trinajstić information content (AvgIpc) is 3.23. The summed E-state index contributed by atoms with van der Waals surface area (Å²) < 4.78 is 5.67. The number of hydrogen-bond acceptors (Lipinski definition) is 4. The number of ether oxygens (including phenoxy) is 1. The maximum Gasteiger partial charge on any atom is 0.237 e. The van der Waals surface area contributed by atoms with Gasteiger partial charge in [0.15, 0.2) is 0 Å². The van der Waals surface area contributed by atoms with E-state index in [1.807, 2.05) is 31.2 Å². The van der Waals surface area contributed by atoms with Crippen LogP contribution in [-0.2, 0) is 11.4 Å². The minimum Gasteiger partial charge on any atom is -0.493 e. The van der Waals surface area contributed by atoms with Crippen molar-refractivity contribution in [3.8, 4) is 5.75 Å². The van der Waals surface area contributed by atoms with Gasteiger partial charge >= 0.3 is 0 Å². The molecule has 1 aromatic rings. The molecule has 0 saturated heterocycles. The van der Waals surface area contributed by atoms with Gasteiger partial charge in [-0.1, -0.05) is 18.2 Å². The summed E-state index contributed by atoms with van der Waals surface area (Å²) in [6.07, 6.45) is 2.69. The minimum atomic E-state index is -0.741. The highest BCUT2D eigenvalue weighted by atomic mass is 16.5. The van der Waals surface area contributed by atoms with Crippen molar-refractivity contribution in [2.75, 3.05) is 6.61 Å². The van der Waals surface area contributed by atoms with Crippen LogP contribution < -0.4 is 15.8 Å². The third-order valence-electron chi connectivity index (χ3n) is 3.65. The molecule has 1 fully saturated rings. The van der Waals surface area contributed by atoms with Crippen LogP contribution in [0.5, 0.6) is 5.75 Å². The van der Waals surface area contributed by atoms with Crippen LogP contribution in [-0.4, -0.2) is 29.2 Å². The number of carbonyl (C=O) groups is 1. The van der Waals surface area contributed by atoms with Crippen molar-refractivity contribution in [3.63, 3.8) is 0 Å². The van der Waals surface area contributed by atoms with Gasteiger partial charge in [0.25, 0.3) is 0 Å². The highest BCUT2D eigenvalue weighted by molar-refractivity contribution is 5.84. The Hall–Kier alpha value is -1.59. The lowest BCUT2D eigenvalue weighted by Gasteiger charge is -2.27. The molecule has 2 rings (SSSR count). The Labute approximate surface area is 119 Å². The van der Waals surface area contributed by atoms with Crippen LogP contribution in [0, 0.1) is 0 Å². The van der Waals surface area contributed by atoms with Crippen molar-refractivity contribution >= 4 is 5.91 Å². The third-order valence-corrected chi connectivity index (χ3v) is 3.65. The van der Waals surface area contributed by atoms with Gasteiger partial charge in [0.05, 0.1) is 18.8 Å². The summed E-state index contributed by atoms with van der Waals surface area (Å²) in [4.78, 5) is 11.6. The van der Waals surface area contributed by atoms with E-state index >= 15 is 0 Å². The van der Waals surface area contributed by atoms with Gasteiger partial charge in [-0.3, -0.25) is 4.79 Å². The van der Waals surface area contributed by atoms with Gasteiger partial charge in [0, 0.05) is 18.0 Å². The van der Waals surface area contributed by atoms with E-state index in [9.17, 15) is 9.90 Å². The van der Waals surface area contributed by atoms with Crippen LogP contribution in [0.4, 0.5) is 0 Å². The van der Waals surface area contributed by atoms with Crippen molar-refractivity contribution in [2.45, 2.75) is 44.4 Å². The quantitative estimate of drug-likeness (QED) is 0.661. The highest BCUT2D eigenvalue weighted by Crippen LogP contribution is 2.24. The molecule has 0 heterocycles. The molecule has 0 radical (unpaired) electrons. The van der Waals surface area contributed by atoms with E-state index in [0.717, 1.165) is 18.4 Å². The predicted molar refractivity (Wildman–Crippen MR) is 76.2 cm³/mol. The predicted octanol–water partition coefficient (Wildman–Crippen LogP) is 0.944. The molecule has 4 N–H and O–H groups in total. The molecule has 20 heavy (non-hydrogen) atoms. The molecule has 1 amide bonds. The zero-order valence-corrected chi connectivity index (χ0v) is 11.8. The summed E-state index contributed by atoms with van der Waals surface area (Å²) in [6.45, 7) is 2.12. The van der Waals surface area contributed by atoms with Crippen LogP contribution in [0.2, 0.25) is 0 Å². The van der Waals surface area contributed by atoms with Gasteiger partial charge in [0.2, 0.25) is 5.91 Å². The van der Waals surface area contributed by atoms with E-state index in [1.54, 1.807) is 0 Å². The summed E-state index contributed by atoms with van der Waals surface area (Å²) in [5.41, 5.74) is 5.48. The molecular weight excluding hydrogens is 256 g/mol. The second kappa shape index (κ2) is 6.24. The number of primary amides is 1. The summed E-state index contributed by atoms with van der Waals surface area (Å²) in [5.74, 6) is 0.289. The molecule has 1 aliphatic carbocycles. The van der Waals surface area contributed by atoms with E-state index in [2.05, 4.69) is 5.32 Å². The van der Waals surface area contributed by atoms with E-state index < -0.39 is 5.54 Å². The van der Waals surface area contributed by atoms with Gasteiger partial charge in [-0.25, -0.2) is 0 Å². The zero-order valence-electron chi connectivity index (χ0n) is 11.8. The summed E-state index contributed by atoms with van der Waals surface area (Å²) in [5, 5.41) is 12.5. The Morgan fingerprint density at radius 1 is 1.50 bits per heavy atom. The zero-order chi connectivity index (χ0) is 14.6. The van der Waals surface area contributed by atoms with Crippen LogP contribution in [0.25, 0.3) is 0 Å². The van der Waals surface area contributed by atoms with Crippen LogP contribution in [0.15, 0.2) is 24.3 Å². The molecule has 1 atom stereocenters. The van der Waals surface area contributed by atoms with E-state index in [-0.39, 0.29) is 12.5 Å². The smallest absolute Gasteiger partial charge is 0.237 e. The van der Waals surface area contributed by atoms with Gasteiger partial charge < -0.3 is 20.9 Å². The molecule has 110 valence electrons. The molecule has 1 saturated carbocycles. The van der Waals surface area contributed by atoms with Crippen molar-refractivity contribution in [1.82, 2.24) is 5.32 Å². The second-order valence-electron chi connectivity index (χ2n) is 5.48. The number of benzene rings is 1. The first-order valence-electron chi connectivity index (χ1n) is 6.94. The number of rotatable bonds is 8. The Kier molecular flexibility index (Phi) is 4.62. The average molecular weight is 278 g/mol. The van der Waals surface area contributed by atoms with Gasteiger partial charge in [0.1, 0.15) is 5.75 Å². The number of carbonyl (C=O) groups excluding carboxylic acids is 1. The highest BCUT2D eigenvalue weighted by Gasteiger charge is 2.36. The molecule has 5 nitrogen and oxygen atoms in total. The first-order valence-corrected chi connectivity index (χ1v) is 6.94. The number of aliphatic hydroxyl groups excluding tert-OH is 1. The number of hydrogen-bond donors (Lipinski definition) is 3. The summed E-state index contributed by atoms with van der Waals surface area (Å²) in [6, 6.07) is 7.72. The molecular formula is C15H22N2O3. The molecule has 1 unspecified atom stereocenters. The summed E-state index contributed by atoms with van der Waals surface area (Å²) in [7, 11) is 0. The Morgan fingerprint density at radius 3 is 2.80 bits per heavy atom. The fourth-order valence-corrected chi connectivity index (χ4v) is 2.09. The number of nitrogens with one attached hydrogen (secondary N) is 1. The number of amides is 1. The molecule has 0 aliphatic heterocycles. The summed E-state index contributed by atoms with van der Waals surface area (Å²) >= 11 is 0. The van der Waals surface area contributed by atoms with Crippen molar-refractivity contribution < 1.29 is 14.6 Å². The maximum atomic E-state index is 11.6. The largest absolute Gasteiger partial charge is 0.493 e. The van der Waals surface area contributed by atoms with Gasteiger partial charge in [-0.05, 0) is 25.8 Å². The van der Waals surface area contributed by atoms with E-state index in [1.165, 1.54) is 0 Å².